The minimum atomic E-state index is -0.264. The van der Waals surface area contributed by atoms with Crippen LogP contribution in [0, 0.1) is 0 Å². The highest BCUT2D eigenvalue weighted by atomic mass is 35.5. The average molecular weight is 271 g/mol. The molecule has 0 heterocycles. The Kier molecular flexibility index (Phi) is 7.09. The van der Waals surface area contributed by atoms with Gasteiger partial charge in [-0.15, -0.1) is 0 Å². The fourth-order valence-corrected chi connectivity index (χ4v) is 1.74. The van der Waals surface area contributed by atoms with Crippen molar-refractivity contribution in [2.75, 3.05) is 18.4 Å². The van der Waals surface area contributed by atoms with Crippen molar-refractivity contribution in [3.05, 3.63) is 29.3 Å². The summed E-state index contributed by atoms with van der Waals surface area (Å²) in [4.78, 5) is 0. The normalized spacial score (nSPS) is 12.7. The van der Waals surface area contributed by atoms with E-state index < -0.39 is 0 Å². The molecular formula is C14H23ClN2O. The first kappa shape index (κ1) is 15.3. The standard InChI is InChI=1S/C14H23ClN2O/c1-11(2)17-10-14(18)4-3-9-16-13-7-5-12(15)6-8-13/h5-8,11,14,16-18H,3-4,9-10H2,1-2H3/t14-/m1/s1. The first-order valence-electron chi connectivity index (χ1n) is 6.49. The summed E-state index contributed by atoms with van der Waals surface area (Å²) in [7, 11) is 0. The summed E-state index contributed by atoms with van der Waals surface area (Å²) in [6.07, 6.45) is 1.49. The molecule has 102 valence electrons. The van der Waals surface area contributed by atoms with Crippen molar-refractivity contribution < 1.29 is 5.11 Å². The predicted molar refractivity (Wildman–Crippen MR) is 78.3 cm³/mol. The molecule has 3 nitrogen and oxygen atoms in total. The van der Waals surface area contributed by atoms with Gasteiger partial charge in [0.1, 0.15) is 0 Å². The van der Waals surface area contributed by atoms with Crippen molar-refractivity contribution in [1.82, 2.24) is 5.32 Å². The summed E-state index contributed by atoms with van der Waals surface area (Å²) in [6, 6.07) is 8.07. The molecule has 0 unspecified atom stereocenters. The van der Waals surface area contributed by atoms with Crippen LogP contribution in [-0.2, 0) is 0 Å². The van der Waals surface area contributed by atoms with Crippen LogP contribution in [0.2, 0.25) is 5.02 Å². The molecule has 0 radical (unpaired) electrons. The number of hydrogen-bond donors (Lipinski definition) is 3. The molecule has 1 atom stereocenters. The molecule has 0 saturated heterocycles. The second kappa shape index (κ2) is 8.35. The van der Waals surface area contributed by atoms with E-state index in [4.69, 9.17) is 11.6 Å². The van der Waals surface area contributed by atoms with Crippen LogP contribution in [0.15, 0.2) is 24.3 Å². The minimum Gasteiger partial charge on any atom is -0.392 e. The van der Waals surface area contributed by atoms with Gasteiger partial charge in [-0.05, 0) is 37.1 Å². The molecule has 4 heteroatoms. The number of nitrogens with one attached hydrogen (secondary N) is 2. The van der Waals surface area contributed by atoms with Crippen molar-refractivity contribution >= 4 is 17.3 Å². The first-order valence-corrected chi connectivity index (χ1v) is 6.86. The van der Waals surface area contributed by atoms with E-state index in [0.29, 0.717) is 12.6 Å². The molecule has 1 aromatic carbocycles. The topological polar surface area (TPSA) is 44.3 Å². The van der Waals surface area contributed by atoms with Crippen LogP contribution in [-0.4, -0.2) is 30.3 Å². The van der Waals surface area contributed by atoms with Gasteiger partial charge in [-0.3, -0.25) is 0 Å². The van der Waals surface area contributed by atoms with Crippen LogP contribution >= 0.6 is 11.6 Å². The lowest BCUT2D eigenvalue weighted by Crippen LogP contribution is -2.32. The monoisotopic (exact) mass is 270 g/mol. The lowest BCUT2D eigenvalue weighted by Gasteiger charge is -2.14. The Morgan fingerprint density at radius 2 is 1.89 bits per heavy atom. The summed E-state index contributed by atoms with van der Waals surface area (Å²) < 4.78 is 0. The molecule has 0 spiro atoms. The van der Waals surface area contributed by atoms with Gasteiger partial charge < -0.3 is 15.7 Å². The Bertz CT molecular complexity index is 327. The summed E-state index contributed by atoms with van der Waals surface area (Å²) in [5, 5.41) is 17.0. The number of aliphatic hydroxyl groups excluding tert-OH is 1. The number of hydrogen-bond acceptors (Lipinski definition) is 3. The van der Waals surface area contributed by atoms with E-state index >= 15 is 0 Å². The molecule has 0 fully saturated rings. The van der Waals surface area contributed by atoms with E-state index in [1.165, 1.54) is 0 Å². The van der Waals surface area contributed by atoms with Gasteiger partial charge >= 0.3 is 0 Å². The van der Waals surface area contributed by atoms with Crippen LogP contribution in [0.3, 0.4) is 0 Å². The fraction of sp³-hybridized carbons (Fsp3) is 0.571. The predicted octanol–water partition coefficient (Wildman–Crippen LogP) is 2.89. The van der Waals surface area contributed by atoms with Crippen LogP contribution < -0.4 is 10.6 Å². The van der Waals surface area contributed by atoms with Gasteiger partial charge in [0.25, 0.3) is 0 Å². The molecule has 0 saturated carbocycles. The maximum absolute atomic E-state index is 9.72. The molecule has 3 N–H and O–H groups in total. The largest absolute Gasteiger partial charge is 0.392 e. The minimum absolute atomic E-state index is 0.264. The maximum atomic E-state index is 9.72. The summed E-state index contributed by atoms with van der Waals surface area (Å²) in [5.41, 5.74) is 1.06. The zero-order valence-electron chi connectivity index (χ0n) is 11.1. The summed E-state index contributed by atoms with van der Waals surface area (Å²) >= 11 is 5.81. The SMILES string of the molecule is CC(C)NC[C@H](O)CCCNc1ccc(Cl)cc1. The van der Waals surface area contributed by atoms with E-state index in [-0.39, 0.29) is 6.10 Å². The fourth-order valence-electron chi connectivity index (χ4n) is 1.61. The molecule has 1 aromatic rings. The van der Waals surface area contributed by atoms with Gasteiger partial charge in [-0.25, -0.2) is 0 Å². The van der Waals surface area contributed by atoms with Gasteiger partial charge in [0.05, 0.1) is 6.10 Å². The quantitative estimate of drug-likeness (QED) is 0.637. The van der Waals surface area contributed by atoms with Crippen molar-refractivity contribution in [1.29, 1.82) is 0 Å². The molecule has 0 aromatic heterocycles. The average Bonchev–Trinajstić information content (AvgIpc) is 2.34. The molecule has 0 bridgehead atoms. The second-order valence-electron chi connectivity index (χ2n) is 4.79. The van der Waals surface area contributed by atoms with E-state index in [0.717, 1.165) is 30.1 Å². The molecule has 0 amide bonds. The highest BCUT2D eigenvalue weighted by molar-refractivity contribution is 6.30. The molecular weight excluding hydrogens is 248 g/mol. The van der Waals surface area contributed by atoms with Gasteiger partial charge in [-0.1, -0.05) is 25.4 Å². The Morgan fingerprint density at radius 3 is 2.50 bits per heavy atom. The van der Waals surface area contributed by atoms with Crippen molar-refractivity contribution in [3.63, 3.8) is 0 Å². The third-order valence-electron chi connectivity index (χ3n) is 2.65. The van der Waals surface area contributed by atoms with Crippen molar-refractivity contribution in [2.45, 2.75) is 38.8 Å². The number of anilines is 1. The van der Waals surface area contributed by atoms with Gasteiger partial charge in [0, 0.05) is 29.8 Å². The van der Waals surface area contributed by atoms with Crippen molar-refractivity contribution in [2.24, 2.45) is 0 Å². The lowest BCUT2D eigenvalue weighted by atomic mass is 10.2. The number of aliphatic hydroxyl groups is 1. The van der Waals surface area contributed by atoms with Crippen LogP contribution in [0.1, 0.15) is 26.7 Å². The van der Waals surface area contributed by atoms with E-state index in [9.17, 15) is 5.11 Å². The smallest absolute Gasteiger partial charge is 0.0665 e. The zero-order valence-corrected chi connectivity index (χ0v) is 11.9. The Balaban J connectivity index is 2.09. The zero-order chi connectivity index (χ0) is 13.4. The van der Waals surface area contributed by atoms with E-state index in [2.05, 4.69) is 24.5 Å². The van der Waals surface area contributed by atoms with Crippen molar-refractivity contribution in [3.8, 4) is 0 Å². The Morgan fingerprint density at radius 1 is 1.22 bits per heavy atom. The van der Waals surface area contributed by atoms with Gasteiger partial charge in [0.2, 0.25) is 0 Å². The summed E-state index contributed by atoms with van der Waals surface area (Å²) in [5.74, 6) is 0. The number of benzene rings is 1. The van der Waals surface area contributed by atoms with E-state index in [1.54, 1.807) is 0 Å². The first-order chi connectivity index (χ1) is 8.58. The Labute approximate surface area is 115 Å². The second-order valence-corrected chi connectivity index (χ2v) is 5.23. The molecule has 18 heavy (non-hydrogen) atoms. The van der Waals surface area contributed by atoms with Gasteiger partial charge in [-0.2, -0.15) is 0 Å². The van der Waals surface area contributed by atoms with E-state index in [1.807, 2.05) is 24.3 Å². The number of rotatable bonds is 8. The van der Waals surface area contributed by atoms with Crippen LogP contribution in [0.4, 0.5) is 5.69 Å². The third kappa shape index (κ3) is 6.84. The maximum Gasteiger partial charge on any atom is 0.0665 e. The molecule has 0 aliphatic carbocycles. The molecule has 0 aliphatic rings. The lowest BCUT2D eigenvalue weighted by molar-refractivity contribution is 0.157. The molecule has 0 aliphatic heterocycles. The van der Waals surface area contributed by atoms with Crippen LogP contribution in [0.25, 0.3) is 0 Å². The Hall–Kier alpha value is -0.770. The summed E-state index contributed by atoms with van der Waals surface area (Å²) in [6.45, 7) is 5.68. The third-order valence-corrected chi connectivity index (χ3v) is 2.90. The highest BCUT2D eigenvalue weighted by Gasteiger charge is 2.04. The van der Waals surface area contributed by atoms with Crippen LogP contribution in [0.5, 0.6) is 0 Å². The van der Waals surface area contributed by atoms with Gasteiger partial charge in [0.15, 0.2) is 0 Å². The highest BCUT2D eigenvalue weighted by Crippen LogP contribution is 2.13. The molecule has 1 rings (SSSR count). The number of halogens is 1.